The first-order chi connectivity index (χ1) is 28.3. The first kappa shape index (κ1) is 54.8. The number of aromatic hydroxyl groups is 1. The number of rotatable bonds is 11. The number of carbonyl (C=O) groups is 2. The molecule has 0 fully saturated rings. The summed E-state index contributed by atoms with van der Waals surface area (Å²) < 4.78 is 107. The molecule has 2 aliphatic carbocycles. The Bertz CT molecular complexity index is 3150. The molecule has 25 heteroatoms. The number of ether oxygens (including phenoxy) is 1. The number of para-hydroxylation sites is 1. The van der Waals surface area contributed by atoms with E-state index in [1.54, 1.807) is 18.2 Å². The summed E-state index contributed by atoms with van der Waals surface area (Å²) >= 11 is 0. The van der Waals surface area contributed by atoms with Crippen molar-refractivity contribution < 1.29 is 164 Å². The Hall–Kier alpha value is -3.49. The van der Waals surface area contributed by atoms with Crippen LogP contribution in [0.4, 0.5) is 22.7 Å². The smallest absolute Gasteiger partial charge is 0.506 e. The minimum Gasteiger partial charge on any atom is -0.506 e. The molecule has 1 radical (unpaired) electrons. The van der Waals surface area contributed by atoms with Crippen LogP contribution in [0.1, 0.15) is 27.0 Å². The number of nitrogens with zero attached hydrogens (tertiary/aromatic N) is 2. The van der Waals surface area contributed by atoms with Gasteiger partial charge in [0.15, 0.2) is 5.71 Å². The van der Waals surface area contributed by atoms with Crippen molar-refractivity contribution in [1.82, 2.24) is 0 Å². The molecular weight excluding hydrogens is 975 g/mol. The number of anilines is 4. The van der Waals surface area contributed by atoms with Gasteiger partial charge in [-0.15, -0.1) is 0 Å². The predicted octanol–water partition coefficient (Wildman–Crippen LogP) is -3.41. The molecule has 0 bridgehead atoms. The maximum absolute atomic E-state index is 13.6. The average Bonchev–Trinajstić information content (AvgIpc) is 3.19. The van der Waals surface area contributed by atoms with Crippen molar-refractivity contribution in [2.45, 2.75) is 4.90 Å². The number of hydrogen-bond acceptors (Lipinski definition) is 15. The van der Waals surface area contributed by atoms with E-state index in [2.05, 4.69) is 26.4 Å². The maximum Gasteiger partial charge on any atom is 1.00 e. The fraction of sp³-hybridized carbons (Fsp3) is 0.0256. The maximum atomic E-state index is 13.6. The van der Waals surface area contributed by atoms with Gasteiger partial charge in [-0.25, -0.2) is 0 Å². The van der Waals surface area contributed by atoms with Crippen LogP contribution >= 0.6 is 0 Å². The summed E-state index contributed by atoms with van der Waals surface area (Å²) in [6, 6.07) is 25.6. The van der Waals surface area contributed by atoms with Crippen LogP contribution in [0.2, 0.25) is 0 Å². The van der Waals surface area contributed by atoms with Crippen LogP contribution in [0.15, 0.2) is 128 Å². The Morgan fingerprint density at radius 2 is 1.16 bits per heavy atom. The van der Waals surface area contributed by atoms with E-state index in [0.29, 0.717) is 16.8 Å². The van der Waals surface area contributed by atoms with Crippen LogP contribution in [0.25, 0.3) is 23.3 Å². The number of hydrogen-bond donors (Lipinski definition) is 7. The molecular formula is C39H29CuN5Na3O13S3+3. The van der Waals surface area contributed by atoms with Gasteiger partial charge in [0.1, 0.15) is 27.0 Å². The molecule has 2 aliphatic rings. The first-order valence-corrected chi connectivity index (χ1v) is 21.4. The van der Waals surface area contributed by atoms with Crippen molar-refractivity contribution in [2.24, 2.45) is 10.2 Å². The molecule has 5 aromatic carbocycles. The van der Waals surface area contributed by atoms with E-state index in [4.69, 9.17) is 4.74 Å². The topological polar surface area (TPSA) is 288 Å². The first-order valence-electron chi connectivity index (χ1n) is 17.1. The van der Waals surface area contributed by atoms with Gasteiger partial charge in [0.05, 0.1) is 23.4 Å². The minimum absolute atomic E-state index is 0. The van der Waals surface area contributed by atoms with E-state index in [-0.39, 0.29) is 151 Å². The second-order valence-electron chi connectivity index (χ2n) is 12.9. The monoisotopic (exact) mass is 1000 g/mol. The third-order valence-electron chi connectivity index (χ3n) is 9.06. The third-order valence-corrected chi connectivity index (χ3v) is 11.6. The zero-order chi connectivity index (χ0) is 43.1. The fourth-order valence-electron chi connectivity index (χ4n) is 6.18. The van der Waals surface area contributed by atoms with E-state index < -0.39 is 68.0 Å². The fourth-order valence-corrected chi connectivity index (χ4v) is 7.96. The molecule has 64 heavy (non-hydrogen) atoms. The standard InChI is InChI=1S/C39H29N5O13S3.Cu.3Na/c1-57-33-17-22(9-14-31(33)42-43-36-28-12-11-27(58(48,49)50)15-24(28)19-35(39(36)47)60(54,55)56)21-8-13-30(32(45)16-21)41-44-37-34(59(51,52)53)18-23-7-10-26(20-29(23)38(37)46)40-25-5-3-2-4-6-25;;;;/h2-20,40-42,45H,1H3,(H,48,49,50)(H,51,52,53)(H,54,55,56);;;;/q;;3*+1/b43-36?,44-37-;;;;. The number of fused-ring (bicyclic) bond motifs is 2. The molecule has 7 rings (SSSR count). The molecule has 0 saturated carbocycles. The molecule has 317 valence electrons. The summed E-state index contributed by atoms with van der Waals surface area (Å²) in [4.78, 5) is 24.3. The van der Waals surface area contributed by atoms with Crippen molar-refractivity contribution in [3.63, 3.8) is 0 Å². The SMILES string of the molecule is COc1cc(-c2ccc(N/N=C3\C(=O)c4cc(Nc5ccccc5)ccc4C=C3S(=O)(=O)O)c(O)c2)ccc1NN=C1C(=O)C(S(=O)(=O)O)=Cc2cc(S(=O)(=O)O)ccc21.[Cu].[Na+].[Na+].[Na+]. The summed E-state index contributed by atoms with van der Waals surface area (Å²) in [5, 5.41) is 22.1. The van der Waals surface area contributed by atoms with Gasteiger partial charge in [-0.1, -0.05) is 42.5 Å². The quantitative estimate of drug-likeness (QED) is 0.0294. The summed E-state index contributed by atoms with van der Waals surface area (Å²) in [5.74, 6) is -2.27. The molecule has 5 aromatic rings. The minimum atomic E-state index is -5.10. The van der Waals surface area contributed by atoms with Crippen molar-refractivity contribution >= 4 is 88.2 Å². The van der Waals surface area contributed by atoms with E-state index in [9.17, 15) is 53.6 Å². The molecule has 0 saturated heterocycles. The third kappa shape index (κ3) is 12.1. The molecule has 0 amide bonds. The number of carbonyl (C=O) groups excluding carboxylic acids is 2. The number of allylic oxidation sites excluding steroid dienone is 2. The Morgan fingerprint density at radius 1 is 0.562 bits per heavy atom. The Balaban J connectivity index is 0.00000272. The summed E-state index contributed by atoms with van der Waals surface area (Å²) in [7, 11) is -13.4. The van der Waals surface area contributed by atoms with Crippen molar-refractivity contribution in [3.8, 4) is 22.6 Å². The molecule has 0 heterocycles. The van der Waals surface area contributed by atoms with Gasteiger partial charge in [-0.05, 0) is 95.1 Å². The van der Waals surface area contributed by atoms with Gasteiger partial charge in [0, 0.05) is 39.6 Å². The number of phenols is 1. The van der Waals surface area contributed by atoms with Crippen molar-refractivity contribution in [1.29, 1.82) is 0 Å². The van der Waals surface area contributed by atoms with Crippen LogP contribution in [0.3, 0.4) is 0 Å². The molecule has 0 atom stereocenters. The number of phenolic OH excluding ortho intramolecular Hbond substituents is 1. The molecule has 0 aromatic heterocycles. The number of Topliss-reactive ketones (excluding diaryl/α,β-unsaturated/α-hetero) is 2. The van der Waals surface area contributed by atoms with Crippen LogP contribution in [0.5, 0.6) is 11.5 Å². The number of ketones is 2. The van der Waals surface area contributed by atoms with Crippen LogP contribution in [-0.4, -0.2) is 74.1 Å². The largest absolute Gasteiger partial charge is 1.00 e. The van der Waals surface area contributed by atoms with Gasteiger partial charge in [0.25, 0.3) is 30.4 Å². The average molecular weight is 1000 g/mol. The van der Waals surface area contributed by atoms with E-state index in [0.717, 1.165) is 36.0 Å². The summed E-state index contributed by atoms with van der Waals surface area (Å²) in [6.45, 7) is 0. The van der Waals surface area contributed by atoms with Gasteiger partial charge in [-0.3, -0.25) is 34.1 Å². The summed E-state index contributed by atoms with van der Waals surface area (Å²) in [6.07, 6.45) is 1.86. The number of nitrogens with one attached hydrogen (secondary N) is 3. The predicted molar refractivity (Wildman–Crippen MR) is 222 cm³/mol. The zero-order valence-electron chi connectivity index (χ0n) is 33.9. The second-order valence-corrected chi connectivity index (χ2v) is 17.1. The molecule has 18 nitrogen and oxygen atoms in total. The summed E-state index contributed by atoms with van der Waals surface area (Å²) in [5.41, 5.74) is 6.40. The van der Waals surface area contributed by atoms with Gasteiger partial charge >= 0.3 is 88.7 Å². The van der Waals surface area contributed by atoms with Crippen LogP contribution in [-0.2, 0) is 52.2 Å². The molecule has 0 unspecified atom stereocenters. The number of methoxy groups -OCH3 is 1. The second kappa shape index (κ2) is 21.9. The molecule has 7 N–H and O–H groups in total. The van der Waals surface area contributed by atoms with E-state index >= 15 is 0 Å². The van der Waals surface area contributed by atoms with Crippen LogP contribution in [0, 0.1) is 0 Å². The van der Waals surface area contributed by atoms with E-state index in [1.807, 2.05) is 30.3 Å². The number of benzene rings is 5. The van der Waals surface area contributed by atoms with Gasteiger partial charge < -0.3 is 15.2 Å². The zero-order valence-corrected chi connectivity index (χ0v) is 43.2. The molecule has 0 aliphatic heterocycles. The molecule has 0 spiro atoms. The van der Waals surface area contributed by atoms with Crippen molar-refractivity contribution in [2.75, 3.05) is 23.3 Å². The number of hydrazone groups is 2. The van der Waals surface area contributed by atoms with Gasteiger partial charge in [-0.2, -0.15) is 35.5 Å². The van der Waals surface area contributed by atoms with E-state index in [1.165, 1.54) is 43.5 Å². The van der Waals surface area contributed by atoms with Crippen LogP contribution < -0.4 is 110 Å². The van der Waals surface area contributed by atoms with Gasteiger partial charge in [0.2, 0.25) is 11.6 Å². The normalized spacial score (nSPS) is 14.5. The Morgan fingerprint density at radius 3 is 1.77 bits per heavy atom. The van der Waals surface area contributed by atoms with Crippen molar-refractivity contribution in [3.05, 3.63) is 135 Å². The Labute approximate surface area is 443 Å². The Kier molecular flexibility index (Phi) is 18.7.